The Kier molecular flexibility index (Phi) is 7.05. The van der Waals surface area contributed by atoms with Crippen LogP contribution in [0.4, 0.5) is 5.69 Å². The van der Waals surface area contributed by atoms with Gasteiger partial charge in [-0.25, -0.2) is 8.42 Å². The van der Waals surface area contributed by atoms with Crippen molar-refractivity contribution in [1.82, 2.24) is 9.80 Å². The summed E-state index contributed by atoms with van der Waals surface area (Å²) in [6.07, 6.45) is 0. The van der Waals surface area contributed by atoms with E-state index in [-0.39, 0.29) is 22.4 Å². The zero-order valence-electron chi connectivity index (χ0n) is 16.1. The van der Waals surface area contributed by atoms with Crippen molar-refractivity contribution in [1.29, 1.82) is 0 Å². The van der Waals surface area contributed by atoms with Crippen LogP contribution in [0.1, 0.15) is 6.92 Å². The maximum atomic E-state index is 13.3. The smallest absolute Gasteiger partial charge is 0.264 e. The van der Waals surface area contributed by atoms with Crippen LogP contribution in [0.15, 0.2) is 53.4 Å². The predicted molar refractivity (Wildman–Crippen MR) is 116 cm³/mol. The van der Waals surface area contributed by atoms with Crippen LogP contribution in [0.3, 0.4) is 0 Å². The summed E-state index contributed by atoms with van der Waals surface area (Å²) in [7, 11) is -3.96. The van der Waals surface area contributed by atoms with Crippen LogP contribution in [0.25, 0.3) is 0 Å². The first-order chi connectivity index (χ1) is 13.8. The van der Waals surface area contributed by atoms with Crippen molar-refractivity contribution in [3.63, 3.8) is 0 Å². The molecule has 0 bridgehead atoms. The molecule has 2 aromatic carbocycles. The third kappa shape index (κ3) is 5.04. The van der Waals surface area contributed by atoms with Gasteiger partial charge in [-0.3, -0.25) is 9.10 Å². The second-order valence-electron chi connectivity index (χ2n) is 6.74. The van der Waals surface area contributed by atoms with E-state index < -0.39 is 10.0 Å². The first-order valence-electron chi connectivity index (χ1n) is 9.36. The van der Waals surface area contributed by atoms with Crippen molar-refractivity contribution in [2.75, 3.05) is 43.6 Å². The van der Waals surface area contributed by atoms with E-state index in [9.17, 15) is 13.2 Å². The molecule has 1 aliphatic heterocycles. The maximum Gasteiger partial charge on any atom is 0.264 e. The van der Waals surface area contributed by atoms with Crippen LogP contribution in [0.5, 0.6) is 0 Å². The van der Waals surface area contributed by atoms with Gasteiger partial charge in [-0.15, -0.1) is 0 Å². The molecule has 2 aromatic rings. The first kappa shape index (κ1) is 21.9. The fourth-order valence-corrected chi connectivity index (χ4v) is 4.93. The highest BCUT2D eigenvalue weighted by Gasteiger charge is 2.30. The van der Waals surface area contributed by atoms with Gasteiger partial charge in [-0.05, 0) is 36.9 Å². The monoisotopic (exact) mass is 455 g/mol. The zero-order valence-corrected chi connectivity index (χ0v) is 18.4. The van der Waals surface area contributed by atoms with Gasteiger partial charge in [0, 0.05) is 26.2 Å². The van der Waals surface area contributed by atoms with E-state index in [2.05, 4.69) is 11.8 Å². The fourth-order valence-electron chi connectivity index (χ4n) is 3.21. The Morgan fingerprint density at radius 1 is 1.00 bits per heavy atom. The molecule has 1 amide bonds. The molecule has 29 heavy (non-hydrogen) atoms. The molecule has 1 aliphatic rings. The number of hydrogen-bond acceptors (Lipinski definition) is 4. The minimum atomic E-state index is -3.96. The molecule has 6 nitrogen and oxygen atoms in total. The molecule has 0 spiro atoms. The number of anilines is 1. The zero-order chi connectivity index (χ0) is 21.0. The van der Waals surface area contributed by atoms with Crippen molar-refractivity contribution >= 4 is 44.8 Å². The largest absolute Gasteiger partial charge is 0.339 e. The lowest BCUT2D eigenvalue weighted by atomic mass is 10.3. The standard InChI is InChI=1S/C20H23Cl2N3O3S/c1-2-23-10-12-24(13-11-23)20(26)15-25(16-8-9-18(21)19(22)14-16)29(27,28)17-6-4-3-5-7-17/h3-9,14H,2,10-13,15H2,1H3. The van der Waals surface area contributed by atoms with Gasteiger partial charge in [0.1, 0.15) is 6.54 Å². The van der Waals surface area contributed by atoms with Crippen LogP contribution >= 0.6 is 23.2 Å². The van der Waals surface area contributed by atoms with Crippen LogP contribution < -0.4 is 4.31 Å². The van der Waals surface area contributed by atoms with Gasteiger partial charge in [0.25, 0.3) is 10.0 Å². The third-order valence-electron chi connectivity index (χ3n) is 4.97. The van der Waals surface area contributed by atoms with E-state index in [1.807, 2.05) is 0 Å². The van der Waals surface area contributed by atoms with Crippen molar-refractivity contribution in [2.45, 2.75) is 11.8 Å². The molecule has 0 saturated carbocycles. The Balaban J connectivity index is 1.91. The van der Waals surface area contributed by atoms with Crippen LogP contribution in [0.2, 0.25) is 10.0 Å². The lowest BCUT2D eigenvalue weighted by molar-refractivity contribution is -0.131. The minimum absolute atomic E-state index is 0.106. The molecular weight excluding hydrogens is 433 g/mol. The molecule has 0 N–H and O–H groups in total. The van der Waals surface area contributed by atoms with E-state index in [1.165, 1.54) is 24.3 Å². The topological polar surface area (TPSA) is 60.9 Å². The Morgan fingerprint density at radius 2 is 1.66 bits per heavy atom. The van der Waals surface area contributed by atoms with Gasteiger partial charge < -0.3 is 9.80 Å². The summed E-state index contributed by atoms with van der Waals surface area (Å²) < 4.78 is 27.7. The van der Waals surface area contributed by atoms with Gasteiger partial charge >= 0.3 is 0 Å². The summed E-state index contributed by atoms with van der Waals surface area (Å²) in [5, 5.41) is 0.538. The summed E-state index contributed by atoms with van der Waals surface area (Å²) in [4.78, 5) is 17.0. The highest BCUT2D eigenvalue weighted by molar-refractivity contribution is 7.92. The summed E-state index contributed by atoms with van der Waals surface area (Å²) in [6, 6.07) is 12.6. The predicted octanol–water partition coefficient (Wildman–Crippen LogP) is 3.35. The van der Waals surface area contributed by atoms with E-state index in [0.29, 0.717) is 23.8 Å². The number of piperazine rings is 1. The molecule has 0 radical (unpaired) electrons. The number of hydrogen-bond donors (Lipinski definition) is 0. The number of amides is 1. The number of carbonyl (C=O) groups is 1. The Morgan fingerprint density at radius 3 is 2.24 bits per heavy atom. The normalized spacial score (nSPS) is 15.3. The Bertz CT molecular complexity index is 962. The minimum Gasteiger partial charge on any atom is -0.339 e. The molecule has 1 fully saturated rings. The molecule has 0 unspecified atom stereocenters. The SMILES string of the molecule is CCN1CCN(C(=O)CN(c2ccc(Cl)c(Cl)c2)S(=O)(=O)c2ccccc2)CC1. The number of halogens is 2. The van der Waals surface area contributed by atoms with E-state index in [0.717, 1.165) is 23.9 Å². The highest BCUT2D eigenvalue weighted by atomic mass is 35.5. The third-order valence-corrected chi connectivity index (χ3v) is 7.50. The molecule has 0 atom stereocenters. The van der Waals surface area contributed by atoms with Gasteiger partial charge in [0.05, 0.1) is 20.6 Å². The number of likely N-dealkylation sites (N-methyl/N-ethyl adjacent to an activating group) is 1. The van der Waals surface area contributed by atoms with Gasteiger partial charge in [-0.2, -0.15) is 0 Å². The molecule has 1 saturated heterocycles. The molecule has 1 heterocycles. The second-order valence-corrected chi connectivity index (χ2v) is 9.41. The first-order valence-corrected chi connectivity index (χ1v) is 11.6. The maximum absolute atomic E-state index is 13.3. The lowest BCUT2D eigenvalue weighted by Crippen LogP contribution is -2.51. The van der Waals surface area contributed by atoms with Gasteiger partial charge in [0.15, 0.2) is 0 Å². The van der Waals surface area contributed by atoms with Crippen molar-refractivity contribution < 1.29 is 13.2 Å². The average Bonchev–Trinajstić information content (AvgIpc) is 2.74. The molecule has 156 valence electrons. The Hall–Kier alpha value is -1.80. The number of benzene rings is 2. The van der Waals surface area contributed by atoms with Crippen molar-refractivity contribution in [3.8, 4) is 0 Å². The fraction of sp³-hybridized carbons (Fsp3) is 0.350. The van der Waals surface area contributed by atoms with E-state index in [1.54, 1.807) is 29.2 Å². The summed E-state index contributed by atoms with van der Waals surface area (Å²) in [6.45, 7) is 5.42. The average molecular weight is 456 g/mol. The highest BCUT2D eigenvalue weighted by Crippen LogP contribution is 2.30. The lowest BCUT2D eigenvalue weighted by Gasteiger charge is -2.35. The Labute approximate surface area is 181 Å². The van der Waals surface area contributed by atoms with Crippen molar-refractivity contribution in [3.05, 3.63) is 58.6 Å². The number of sulfonamides is 1. The van der Waals surface area contributed by atoms with Gasteiger partial charge in [-0.1, -0.05) is 48.3 Å². The number of nitrogens with zero attached hydrogens (tertiary/aromatic N) is 3. The second kappa shape index (κ2) is 9.34. The number of rotatable bonds is 6. The van der Waals surface area contributed by atoms with Gasteiger partial charge in [0.2, 0.25) is 5.91 Å². The molecule has 0 aliphatic carbocycles. The summed E-state index contributed by atoms with van der Waals surface area (Å²) in [5.41, 5.74) is 0.295. The summed E-state index contributed by atoms with van der Waals surface area (Å²) >= 11 is 12.1. The molecule has 9 heteroatoms. The van der Waals surface area contributed by atoms with Crippen molar-refractivity contribution in [2.24, 2.45) is 0 Å². The van der Waals surface area contributed by atoms with Crippen LogP contribution in [0, 0.1) is 0 Å². The molecule has 3 rings (SSSR count). The van der Waals surface area contributed by atoms with E-state index >= 15 is 0 Å². The van der Waals surface area contributed by atoms with Crippen LogP contribution in [-0.4, -0.2) is 63.4 Å². The van der Waals surface area contributed by atoms with Crippen LogP contribution in [-0.2, 0) is 14.8 Å². The number of carbonyl (C=O) groups excluding carboxylic acids is 1. The quantitative estimate of drug-likeness (QED) is 0.669. The molecular formula is C20H23Cl2N3O3S. The van der Waals surface area contributed by atoms with E-state index in [4.69, 9.17) is 23.2 Å². The molecule has 0 aromatic heterocycles. The summed E-state index contributed by atoms with van der Waals surface area (Å²) in [5.74, 6) is -0.244.